The van der Waals surface area contributed by atoms with Gasteiger partial charge in [0.15, 0.2) is 0 Å². The van der Waals surface area contributed by atoms with E-state index in [2.05, 4.69) is 20.6 Å². The lowest BCUT2D eigenvalue weighted by Gasteiger charge is -1.72. The Bertz CT molecular complexity index is 190. The first kappa shape index (κ1) is 9.01. The average Bonchev–Trinajstić information content (AvgIpc) is 2.41. The highest BCUT2D eigenvalue weighted by Gasteiger charge is 2.04. The molecule has 1 rings (SSSR count). The number of aromatic amines is 1. The molecule has 0 spiro atoms. The van der Waals surface area contributed by atoms with E-state index in [4.69, 9.17) is 19.8 Å². The number of tetrazole rings is 1. The molecule has 8 heteroatoms. The van der Waals surface area contributed by atoms with Crippen molar-refractivity contribution in [2.24, 2.45) is 0 Å². The topological polar surface area (TPSA) is 129 Å². The average molecular weight is 160 g/mol. The summed E-state index contributed by atoms with van der Waals surface area (Å²) in [6, 6.07) is 0. The highest BCUT2D eigenvalue weighted by Crippen LogP contribution is 1.56. The number of aromatic nitrogens is 4. The third kappa shape index (κ3) is 5.89. The quantitative estimate of drug-likeness (QED) is 0.388. The van der Waals surface area contributed by atoms with Crippen molar-refractivity contribution in [2.45, 2.75) is 0 Å². The third-order valence-corrected chi connectivity index (χ3v) is 0.453. The van der Waals surface area contributed by atoms with E-state index in [0.29, 0.717) is 0 Å². The normalized spacial score (nSPS) is 7.64. The molecule has 0 aliphatic rings. The number of hydrogen-bond acceptors (Lipinski definition) is 5. The molecule has 0 bridgehead atoms. The number of carboxylic acid groups (broad SMARTS) is 2. The summed E-state index contributed by atoms with van der Waals surface area (Å²) in [6.45, 7) is 0. The standard InChI is InChI=1S/C2H2O4.CH2N4/c3-1(4)2(5)6;1-2-4-5-3-1/h(H,3,4)(H,5,6);1H,(H,2,3,4,5). The Morgan fingerprint density at radius 1 is 1.27 bits per heavy atom. The molecule has 0 radical (unpaired) electrons. The Labute approximate surface area is 59.9 Å². The highest BCUT2D eigenvalue weighted by molar-refractivity contribution is 6.27. The molecule has 1 heterocycles. The molecule has 0 unspecified atom stereocenters. The second-order valence-electron chi connectivity index (χ2n) is 1.17. The van der Waals surface area contributed by atoms with Gasteiger partial charge in [0.1, 0.15) is 6.33 Å². The third-order valence-electron chi connectivity index (χ3n) is 0.453. The molecule has 0 atom stereocenters. The predicted octanol–water partition coefficient (Wildman–Crippen LogP) is -1.64. The molecule has 0 aliphatic carbocycles. The number of carboxylic acids is 2. The lowest BCUT2D eigenvalue weighted by atomic mass is 10.7. The van der Waals surface area contributed by atoms with E-state index in [1.54, 1.807) is 0 Å². The van der Waals surface area contributed by atoms with Gasteiger partial charge in [-0.15, -0.1) is 5.10 Å². The van der Waals surface area contributed by atoms with Gasteiger partial charge in [-0.25, -0.2) is 14.7 Å². The molecule has 0 fully saturated rings. The van der Waals surface area contributed by atoms with Crippen molar-refractivity contribution in [3.05, 3.63) is 6.33 Å². The number of H-pyrrole nitrogens is 1. The lowest BCUT2D eigenvalue weighted by molar-refractivity contribution is -0.159. The van der Waals surface area contributed by atoms with E-state index in [0.717, 1.165) is 0 Å². The van der Waals surface area contributed by atoms with Crippen LogP contribution in [0.25, 0.3) is 0 Å². The van der Waals surface area contributed by atoms with Gasteiger partial charge in [0.05, 0.1) is 0 Å². The number of carbonyl (C=O) groups is 2. The Hall–Kier alpha value is -1.99. The molecule has 0 saturated heterocycles. The lowest BCUT2D eigenvalue weighted by Crippen LogP contribution is -2.09. The zero-order chi connectivity index (χ0) is 8.69. The molecule has 0 aliphatic heterocycles. The Morgan fingerprint density at radius 2 is 1.82 bits per heavy atom. The van der Waals surface area contributed by atoms with Gasteiger partial charge in [0.2, 0.25) is 0 Å². The van der Waals surface area contributed by atoms with Crippen molar-refractivity contribution in [2.75, 3.05) is 0 Å². The van der Waals surface area contributed by atoms with Gasteiger partial charge in [-0.1, -0.05) is 0 Å². The zero-order valence-corrected chi connectivity index (χ0v) is 5.13. The maximum Gasteiger partial charge on any atom is 0.414 e. The van der Waals surface area contributed by atoms with Gasteiger partial charge in [0, 0.05) is 0 Å². The van der Waals surface area contributed by atoms with Crippen LogP contribution in [-0.2, 0) is 9.59 Å². The molecule has 60 valence electrons. The number of nitrogens with zero attached hydrogens (tertiary/aromatic N) is 3. The fourth-order valence-corrected chi connectivity index (χ4v) is 0.129. The first-order chi connectivity index (χ1) is 5.14. The van der Waals surface area contributed by atoms with Crippen molar-refractivity contribution in [1.82, 2.24) is 20.6 Å². The molecule has 0 amide bonds. The predicted molar refractivity (Wildman–Crippen MR) is 29.4 cm³/mol. The minimum atomic E-state index is -1.82. The largest absolute Gasteiger partial charge is 0.473 e. The fraction of sp³-hybridized carbons (Fsp3) is 0. The first-order valence-corrected chi connectivity index (χ1v) is 2.28. The molecule has 1 aromatic heterocycles. The summed E-state index contributed by atoms with van der Waals surface area (Å²) in [5, 5.41) is 26.9. The van der Waals surface area contributed by atoms with E-state index in [9.17, 15) is 0 Å². The molecule has 8 nitrogen and oxygen atoms in total. The van der Waals surface area contributed by atoms with Gasteiger partial charge in [-0.2, -0.15) is 0 Å². The Morgan fingerprint density at radius 3 is 1.91 bits per heavy atom. The van der Waals surface area contributed by atoms with E-state index >= 15 is 0 Å². The van der Waals surface area contributed by atoms with E-state index < -0.39 is 11.9 Å². The minimum Gasteiger partial charge on any atom is -0.473 e. The van der Waals surface area contributed by atoms with Crippen LogP contribution in [0.5, 0.6) is 0 Å². The number of nitrogens with one attached hydrogen (secondary N) is 1. The molecule has 1 aromatic rings. The van der Waals surface area contributed by atoms with E-state index in [1.807, 2.05) is 0 Å². The minimum absolute atomic E-state index is 1.40. The maximum atomic E-state index is 9.10. The second kappa shape index (κ2) is 4.85. The molecular weight excluding hydrogens is 156 g/mol. The number of hydrogen-bond donors (Lipinski definition) is 3. The molecule has 0 aromatic carbocycles. The van der Waals surface area contributed by atoms with E-state index in [1.165, 1.54) is 6.33 Å². The van der Waals surface area contributed by atoms with Crippen LogP contribution in [0.2, 0.25) is 0 Å². The van der Waals surface area contributed by atoms with Crippen molar-refractivity contribution in [3.63, 3.8) is 0 Å². The van der Waals surface area contributed by atoms with Crippen molar-refractivity contribution in [1.29, 1.82) is 0 Å². The molecule has 3 N–H and O–H groups in total. The monoisotopic (exact) mass is 160 g/mol. The van der Waals surface area contributed by atoms with Crippen LogP contribution in [0.15, 0.2) is 6.33 Å². The molecule has 11 heavy (non-hydrogen) atoms. The summed E-state index contributed by atoms with van der Waals surface area (Å²) >= 11 is 0. The zero-order valence-electron chi connectivity index (χ0n) is 5.13. The maximum absolute atomic E-state index is 9.10. The van der Waals surface area contributed by atoms with Crippen LogP contribution >= 0.6 is 0 Å². The Kier molecular flexibility index (Phi) is 3.97. The molecule has 0 saturated carbocycles. The first-order valence-electron chi connectivity index (χ1n) is 2.28. The van der Waals surface area contributed by atoms with Crippen LogP contribution in [0.4, 0.5) is 0 Å². The summed E-state index contributed by atoms with van der Waals surface area (Å²) in [5.74, 6) is -3.65. The van der Waals surface area contributed by atoms with Crippen molar-refractivity contribution < 1.29 is 19.8 Å². The van der Waals surface area contributed by atoms with Gasteiger partial charge < -0.3 is 10.2 Å². The fourth-order valence-electron chi connectivity index (χ4n) is 0.129. The summed E-state index contributed by atoms with van der Waals surface area (Å²) < 4.78 is 0. The number of rotatable bonds is 0. The summed E-state index contributed by atoms with van der Waals surface area (Å²) in [6.07, 6.45) is 1.40. The summed E-state index contributed by atoms with van der Waals surface area (Å²) in [7, 11) is 0. The van der Waals surface area contributed by atoms with Crippen LogP contribution in [0.1, 0.15) is 0 Å². The second-order valence-corrected chi connectivity index (χ2v) is 1.17. The van der Waals surface area contributed by atoms with E-state index in [-0.39, 0.29) is 0 Å². The summed E-state index contributed by atoms with van der Waals surface area (Å²) in [5.41, 5.74) is 0. The Balaban J connectivity index is 0.000000183. The van der Waals surface area contributed by atoms with Crippen molar-refractivity contribution >= 4 is 11.9 Å². The van der Waals surface area contributed by atoms with Crippen LogP contribution in [0.3, 0.4) is 0 Å². The van der Waals surface area contributed by atoms with Crippen LogP contribution < -0.4 is 0 Å². The van der Waals surface area contributed by atoms with Gasteiger partial charge >= 0.3 is 11.9 Å². The smallest absolute Gasteiger partial charge is 0.414 e. The SMILES string of the molecule is O=C(O)C(=O)O.c1nnn[nH]1. The molecular formula is C3H4N4O4. The highest BCUT2D eigenvalue weighted by atomic mass is 16.4. The number of aliphatic carboxylic acids is 2. The van der Waals surface area contributed by atoms with Gasteiger partial charge in [-0.05, 0) is 10.4 Å². The van der Waals surface area contributed by atoms with Crippen LogP contribution in [-0.4, -0.2) is 42.8 Å². The van der Waals surface area contributed by atoms with Gasteiger partial charge in [-0.3, -0.25) is 0 Å². The van der Waals surface area contributed by atoms with Crippen LogP contribution in [0, 0.1) is 0 Å². The van der Waals surface area contributed by atoms with Gasteiger partial charge in [0.25, 0.3) is 0 Å². The summed E-state index contributed by atoms with van der Waals surface area (Å²) in [4.78, 5) is 18.2. The van der Waals surface area contributed by atoms with Crippen molar-refractivity contribution in [3.8, 4) is 0 Å².